The van der Waals surface area contributed by atoms with Crippen molar-refractivity contribution in [2.24, 2.45) is 0 Å². The molecular formula is C18H18N4O4S. The highest BCUT2D eigenvalue weighted by Gasteiger charge is 2.21. The quantitative estimate of drug-likeness (QED) is 0.536. The third-order valence-electron chi connectivity index (χ3n) is 4.63. The molecular weight excluding hydrogens is 368 g/mol. The first-order chi connectivity index (χ1) is 13.0. The summed E-state index contributed by atoms with van der Waals surface area (Å²) in [5.74, 6) is -0.129. The second kappa shape index (κ2) is 7.09. The highest BCUT2D eigenvalue weighted by Crippen LogP contribution is 2.28. The van der Waals surface area contributed by atoms with Crippen molar-refractivity contribution in [3.05, 3.63) is 51.1 Å². The zero-order valence-electron chi connectivity index (χ0n) is 14.7. The molecule has 140 valence electrons. The minimum atomic E-state index is -0.427. The standard InChI is InChI=1S/C18H18N4O4S/c1-11-16(17(23)19-9-14-6-3-7-26-14)27-18-20-15(10-21(11)18)12-4-2-5-13(8-12)22(24)25/h2,4-5,8,10,14H,3,6-7,9H2,1H3,(H,19,23)/t14-/m1/s1. The molecule has 0 bridgehead atoms. The van der Waals surface area contributed by atoms with E-state index < -0.39 is 4.92 Å². The maximum Gasteiger partial charge on any atom is 0.270 e. The van der Waals surface area contributed by atoms with Gasteiger partial charge in [0.2, 0.25) is 0 Å². The molecule has 0 unspecified atom stereocenters. The minimum Gasteiger partial charge on any atom is -0.376 e. The van der Waals surface area contributed by atoms with Crippen LogP contribution in [0.3, 0.4) is 0 Å². The molecule has 2 aromatic heterocycles. The summed E-state index contributed by atoms with van der Waals surface area (Å²) in [5, 5.41) is 13.9. The number of amides is 1. The zero-order valence-corrected chi connectivity index (χ0v) is 15.5. The highest BCUT2D eigenvalue weighted by atomic mass is 32.1. The summed E-state index contributed by atoms with van der Waals surface area (Å²) < 4.78 is 7.37. The van der Waals surface area contributed by atoms with Gasteiger partial charge in [-0.3, -0.25) is 19.3 Å². The Balaban J connectivity index is 1.57. The molecule has 3 heterocycles. The second-order valence-electron chi connectivity index (χ2n) is 6.45. The number of hydrogen-bond acceptors (Lipinski definition) is 6. The van der Waals surface area contributed by atoms with Crippen LogP contribution in [0.25, 0.3) is 16.2 Å². The van der Waals surface area contributed by atoms with Gasteiger partial charge in [-0.2, -0.15) is 0 Å². The van der Waals surface area contributed by atoms with Gasteiger partial charge >= 0.3 is 0 Å². The Morgan fingerprint density at radius 3 is 3.07 bits per heavy atom. The Kier molecular flexibility index (Phi) is 4.63. The molecule has 1 aliphatic rings. The Hall–Kier alpha value is -2.78. The van der Waals surface area contributed by atoms with Crippen LogP contribution in [-0.2, 0) is 4.74 Å². The highest BCUT2D eigenvalue weighted by molar-refractivity contribution is 7.19. The Morgan fingerprint density at radius 1 is 1.52 bits per heavy atom. The van der Waals surface area contributed by atoms with E-state index in [1.54, 1.807) is 18.3 Å². The van der Waals surface area contributed by atoms with Gasteiger partial charge in [0.1, 0.15) is 4.88 Å². The van der Waals surface area contributed by atoms with Gasteiger partial charge in [0.05, 0.1) is 16.7 Å². The normalized spacial score (nSPS) is 16.7. The van der Waals surface area contributed by atoms with Crippen LogP contribution in [0, 0.1) is 17.0 Å². The number of non-ortho nitro benzene ring substituents is 1. The predicted molar refractivity (Wildman–Crippen MR) is 101 cm³/mol. The number of imidazole rings is 1. The van der Waals surface area contributed by atoms with E-state index in [2.05, 4.69) is 10.3 Å². The van der Waals surface area contributed by atoms with Crippen LogP contribution < -0.4 is 5.32 Å². The van der Waals surface area contributed by atoms with Gasteiger partial charge in [-0.15, -0.1) is 0 Å². The van der Waals surface area contributed by atoms with E-state index in [-0.39, 0.29) is 17.7 Å². The molecule has 1 aromatic carbocycles. The molecule has 4 rings (SSSR count). The second-order valence-corrected chi connectivity index (χ2v) is 7.43. The number of fused-ring (bicyclic) bond motifs is 1. The number of carbonyl (C=O) groups is 1. The van der Waals surface area contributed by atoms with Crippen molar-refractivity contribution < 1.29 is 14.5 Å². The molecule has 0 saturated carbocycles. The van der Waals surface area contributed by atoms with Crippen molar-refractivity contribution in [3.8, 4) is 11.3 Å². The average Bonchev–Trinajstić information content (AvgIpc) is 3.38. The summed E-state index contributed by atoms with van der Waals surface area (Å²) in [6.45, 7) is 3.13. The van der Waals surface area contributed by atoms with Crippen molar-refractivity contribution >= 4 is 27.9 Å². The summed E-state index contributed by atoms with van der Waals surface area (Å²) in [6.07, 6.45) is 3.91. The molecule has 0 aliphatic carbocycles. The molecule has 1 atom stereocenters. The van der Waals surface area contributed by atoms with Crippen LogP contribution in [-0.4, -0.2) is 39.5 Å². The van der Waals surface area contributed by atoms with Crippen LogP contribution >= 0.6 is 11.3 Å². The van der Waals surface area contributed by atoms with E-state index in [9.17, 15) is 14.9 Å². The van der Waals surface area contributed by atoms with Crippen molar-refractivity contribution in [1.82, 2.24) is 14.7 Å². The summed E-state index contributed by atoms with van der Waals surface area (Å²) in [7, 11) is 0. The Bertz CT molecular complexity index is 1020. The van der Waals surface area contributed by atoms with Gasteiger partial charge in [-0.05, 0) is 19.8 Å². The molecule has 1 aliphatic heterocycles. The van der Waals surface area contributed by atoms with E-state index in [1.165, 1.54) is 23.5 Å². The van der Waals surface area contributed by atoms with Gasteiger partial charge in [0, 0.05) is 42.7 Å². The lowest BCUT2D eigenvalue weighted by Crippen LogP contribution is -2.31. The third-order valence-corrected chi connectivity index (χ3v) is 5.79. The minimum absolute atomic E-state index is 0.0229. The van der Waals surface area contributed by atoms with Gasteiger partial charge in [0.25, 0.3) is 11.6 Å². The van der Waals surface area contributed by atoms with Gasteiger partial charge < -0.3 is 10.1 Å². The number of nitro groups is 1. The van der Waals surface area contributed by atoms with Crippen molar-refractivity contribution in [3.63, 3.8) is 0 Å². The third kappa shape index (κ3) is 3.43. The summed E-state index contributed by atoms with van der Waals surface area (Å²) in [6, 6.07) is 6.36. The first-order valence-electron chi connectivity index (χ1n) is 8.66. The molecule has 9 heteroatoms. The van der Waals surface area contributed by atoms with Crippen molar-refractivity contribution in [1.29, 1.82) is 0 Å². The van der Waals surface area contributed by atoms with Gasteiger partial charge in [0.15, 0.2) is 4.96 Å². The summed E-state index contributed by atoms with van der Waals surface area (Å²) in [4.78, 5) is 28.9. The molecule has 8 nitrogen and oxygen atoms in total. The van der Waals surface area contributed by atoms with Gasteiger partial charge in [-0.25, -0.2) is 4.98 Å². The number of carbonyl (C=O) groups excluding carboxylic acids is 1. The monoisotopic (exact) mass is 386 g/mol. The zero-order chi connectivity index (χ0) is 19.0. The number of nitrogens with zero attached hydrogens (tertiary/aromatic N) is 3. The SMILES string of the molecule is Cc1c(C(=O)NC[C@H]2CCCO2)sc2nc(-c3cccc([N+](=O)[O-])c3)cn12. The van der Waals surface area contributed by atoms with Gasteiger partial charge in [-0.1, -0.05) is 23.5 Å². The van der Waals surface area contributed by atoms with Crippen LogP contribution in [0.2, 0.25) is 0 Å². The number of aryl methyl sites for hydroxylation is 1. The molecule has 0 spiro atoms. The Morgan fingerprint density at radius 2 is 2.37 bits per heavy atom. The van der Waals surface area contributed by atoms with E-state index in [0.29, 0.717) is 27.6 Å². The number of hydrogen-bond donors (Lipinski definition) is 1. The number of benzene rings is 1. The number of ether oxygens (including phenoxy) is 1. The number of rotatable bonds is 5. The van der Waals surface area contributed by atoms with Crippen LogP contribution in [0.15, 0.2) is 30.5 Å². The fourth-order valence-corrected chi connectivity index (χ4v) is 4.20. The largest absolute Gasteiger partial charge is 0.376 e. The topological polar surface area (TPSA) is 98.8 Å². The van der Waals surface area contributed by atoms with E-state index in [0.717, 1.165) is 25.1 Å². The first-order valence-corrected chi connectivity index (χ1v) is 9.47. The maximum absolute atomic E-state index is 12.5. The van der Waals surface area contributed by atoms with E-state index in [4.69, 9.17) is 4.74 Å². The number of aromatic nitrogens is 2. The van der Waals surface area contributed by atoms with E-state index in [1.807, 2.05) is 11.3 Å². The maximum atomic E-state index is 12.5. The molecule has 0 radical (unpaired) electrons. The summed E-state index contributed by atoms with van der Waals surface area (Å²) in [5.41, 5.74) is 2.13. The number of thiazole rings is 1. The number of nitro benzene ring substituents is 1. The lowest BCUT2D eigenvalue weighted by Gasteiger charge is -2.10. The average molecular weight is 386 g/mol. The van der Waals surface area contributed by atoms with Crippen molar-refractivity contribution in [2.45, 2.75) is 25.9 Å². The van der Waals surface area contributed by atoms with Crippen LogP contribution in [0.1, 0.15) is 28.2 Å². The molecule has 1 amide bonds. The van der Waals surface area contributed by atoms with E-state index >= 15 is 0 Å². The summed E-state index contributed by atoms with van der Waals surface area (Å²) >= 11 is 1.31. The van der Waals surface area contributed by atoms with Crippen molar-refractivity contribution in [2.75, 3.05) is 13.2 Å². The molecule has 1 fully saturated rings. The fourth-order valence-electron chi connectivity index (χ4n) is 3.17. The predicted octanol–water partition coefficient (Wildman–Crippen LogP) is 3.19. The smallest absolute Gasteiger partial charge is 0.270 e. The lowest BCUT2D eigenvalue weighted by molar-refractivity contribution is -0.384. The molecule has 3 aromatic rings. The first kappa shape index (κ1) is 17.6. The fraction of sp³-hybridized carbons (Fsp3) is 0.333. The molecule has 27 heavy (non-hydrogen) atoms. The molecule has 1 N–H and O–H groups in total. The molecule has 1 saturated heterocycles. The van der Waals surface area contributed by atoms with Crippen LogP contribution in [0.5, 0.6) is 0 Å². The lowest BCUT2D eigenvalue weighted by atomic mass is 10.1. The number of nitrogens with one attached hydrogen (secondary N) is 1. The van der Waals surface area contributed by atoms with Crippen LogP contribution in [0.4, 0.5) is 5.69 Å². The Labute approximate surface area is 158 Å².